The lowest BCUT2D eigenvalue weighted by atomic mass is 9.83. The van der Waals surface area contributed by atoms with E-state index < -0.39 is 0 Å². The van der Waals surface area contributed by atoms with Gasteiger partial charge in [-0.05, 0) is 36.3 Å². The van der Waals surface area contributed by atoms with Gasteiger partial charge in [0.15, 0.2) is 11.5 Å². The third-order valence-electron chi connectivity index (χ3n) is 4.12. The summed E-state index contributed by atoms with van der Waals surface area (Å²) < 4.78 is 12.6. The summed E-state index contributed by atoms with van der Waals surface area (Å²) in [5, 5.41) is 0. The topological polar surface area (TPSA) is 44.5 Å². The predicted octanol–water partition coefficient (Wildman–Crippen LogP) is 3.58. The normalized spacial score (nSPS) is 24.5. The van der Waals surface area contributed by atoms with Crippen LogP contribution in [0.4, 0.5) is 0 Å². The fourth-order valence-corrected chi connectivity index (χ4v) is 3.75. The van der Waals surface area contributed by atoms with Crippen molar-refractivity contribution in [2.45, 2.75) is 39.2 Å². The molecule has 1 aliphatic heterocycles. The minimum atomic E-state index is 0.0143. The average Bonchev–Trinajstić information content (AvgIpc) is 2.46. The molecule has 1 aromatic carbocycles. The van der Waals surface area contributed by atoms with Crippen molar-refractivity contribution in [3.05, 3.63) is 21.7 Å². The molecule has 2 aliphatic rings. The summed E-state index contributed by atoms with van der Waals surface area (Å²) in [4.78, 5) is 0. The molecular formula is C15H20BrNO2. The second-order valence-electron chi connectivity index (χ2n) is 6.25. The van der Waals surface area contributed by atoms with Gasteiger partial charge in [-0.25, -0.2) is 0 Å². The zero-order chi connectivity index (χ0) is 13.6. The molecule has 1 aliphatic carbocycles. The molecule has 1 atom stereocenters. The van der Waals surface area contributed by atoms with Crippen LogP contribution in [0.2, 0.25) is 0 Å². The molecule has 3 rings (SSSR count). The van der Waals surface area contributed by atoms with Crippen LogP contribution in [-0.4, -0.2) is 13.2 Å². The number of ether oxygens (including phenoxy) is 2. The van der Waals surface area contributed by atoms with E-state index in [2.05, 4.69) is 29.8 Å². The van der Waals surface area contributed by atoms with Crippen molar-refractivity contribution >= 4 is 15.9 Å². The summed E-state index contributed by atoms with van der Waals surface area (Å²) in [5.41, 5.74) is 9.16. The van der Waals surface area contributed by atoms with Gasteiger partial charge in [-0.15, -0.1) is 0 Å². The number of benzene rings is 1. The number of nitrogens with two attached hydrogens (primary N) is 1. The highest BCUT2D eigenvalue weighted by atomic mass is 79.9. The Morgan fingerprint density at radius 2 is 2.05 bits per heavy atom. The number of rotatable bonds is 0. The molecule has 0 fully saturated rings. The van der Waals surface area contributed by atoms with Gasteiger partial charge in [0.25, 0.3) is 0 Å². The lowest BCUT2D eigenvalue weighted by Gasteiger charge is -2.27. The van der Waals surface area contributed by atoms with Crippen LogP contribution in [0.5, 0.6) is 11.5 Å². The van der Waals surface area contributed by atoms with Crippen LogP contribution in [0.3, 0.4) is 0 Å². The van der Waals surface area contributed by atoms with Gasteiger partial charge in [0.1, 0.15) is 13.2 Å². The van der Waals surface area contributed by atoms with Crippen molar-refractivity contribution in [2.24, 2.45) is 11.1 Å². The molecule has 0 spiro atoms. The largest absolute Gasteiger partial charge is 0.486 e. The molecule has 0 aromatic heterocycles. The number of halogens is 1. The highest BCUT2D eigenvalue weighted by Gasteiger charge is 2.33. The first-order valence-corrected chi connectivity index (χ1v) is 7.64. The summed E-state index contributed by atoms with van der Waals surface area (Å²) in [6.45, 7) is 5.79. The maximum absolute atomic E-state index is 6.46. The third kappa shape index (κ3) is 2.36. The van der Waals surface area contributed by atoms with Crippen molar-refractivity contribution in [1.82, 2.24) is 0 Å². The lowest BCUT2D eigenvalue weighted by molar-refractivity contribution is 0.168. The fraction of sp³-hybridized carbons (Fsp3) is 0.600. The van der Waals surface area contributed by atoms with E-state index >= 15 is 0 Å². The molecule has 0 saturated carbocycles. The molecule has 104 valence electrons. The first-order valence-electron chi connectivity index (χ1n) is 6.84. The molecular weight excluding hydrogens is 306 g/mol. The minimum Gasteiger partial charge on any atom is -0.486 e. The van der Waals surface area contributed by atoms with E-state index in [-0.39, 0.29) is 11.5 Å². The Balaban J connectivity index is 2.15. The van der Waals surface area contributed by atoms with E-state index in [1.54, 1.807) is 0 Å². The summed E-state index contributed by atoms with van der Waals surface area (Å²) in [7, 11) is 0. The molecule has 1 heterocycles. The smallest absolute Gasteiger partial charge is 0.166 e. The molecule has 4 heteroatoms. The van der Waals surface area contributed by atoms with E-state index in [1.807, 2.05) is 6.07 Å². The molecule has 0 saturated heterocycles. The Hall–Kier alpha value is -0.740. The standard InChI is InChI=1S/C15H20BrNO2/c1-15(2)4-3-9-10(16)7-12-14(19-6-5-18-12)13(9)11(17)8-15/h7,11H,3-6,8,17H2,1-2H3. The fourth-order valence-electron chi connectivity index (χ4n) is 3.13. The SMILES string of the molecule is CC1(C)CCc2c(Br)cc3c(c2C(N)C1)OCCO3. The van der Waals surface area contributed by atoms with E-state index in [0.717, 1.165) is 40.8 Å². The van der Waals surface area contributed by atoms with E-state index in [1.165, 1.54) is 5.56 Å². The Labute approximate surface area is 122 Å². The molecule has 2 N–H and O–H groups in total. The van der Waals surface area contributed by atoms with E-state index in [4.69, 9.17) is 15.2 Å². The van der Waals surface area contributed by atoms with Crippen LogP contribution in [-0.2, 0) is 6.42 Å². The van der Waals surface area contributed by atoms with Gasteiger partial charge in [-0.3, -0.25) is 0 Å². The number of fused-ring (bicyclic) bond motifs is 3. The van der Waals surface area contributed by atoms with Crippen LogP contribution in [0.15, 0.2) is 10.5 Å². The molecule has 0 radical (unpaired) electrons. The van der Waals surface area contributed by atoms with Gasteiger partial charge in [0, 0.05) is 16.1 Å². The highest BCUT2D eigenvalue weighted by molar-refractivity contribution is 9.10. The van der Waals surface area contributed by atoms with E-state index in [0.29, 0.717) is 13.2 Å². The van der Waals surface area contributed by atoms with Gasteiger partial charge in [0.05, 0.1) is 0 Å². The van der Waals surface area contributed by atoms with Crippen molar-refractivity contribution in [3.63, 3.8) is 0 Å². The quantitative estimate of drug-likeness (QED) is 0.741. The second-order valence-corrected chi connectivity index (χ2v) is 7.10. The lowest BCUT2D eigenvalue weighted by Crippen LogP contribution is -2.22. The Morgan fingerprint density at radius 3 is 2.84 bits per heavy atom. The van der Waals surface area contributed by atoms with Crippen LogP contribution < -0.4 is 15.2 Å². The Bertz CT molecular complexity index is 513. The molecule has 0 amide bonds. The zero-order valence-corrected chi connectivity index (χ0v) is 13.0. The van der Waals surface area contributed by atoms with Gasteiger partial charge >= 0.3 is 0 Å². The summed E-state index contributed by atoms with van der Waals surface area (Å²) in [6.07, 6.45) is 3.16. The van der Waals surface area contributed by atoms with Crippen LogP contribution in [0.25, 0.3) is 0 Å². The minimum absolute atomic E-state index is 0.0143. The monoisotopic (exact) mass is 325 g/mol. The molecule has 1 aromatic rings. The van der Waals surface area contributed by atoms with Gasteiger partial charge in [-0.2, -0.15) is 0 Å². The maximum Gasteiger partial charge on any atom is 0.166 e. The maximum atomic E-state index is 6.46. The van der Waals surface area contributed by atoms with Crippen molar-refractivity contribution < 1.29 is 9.47 Å². The second kappa shape index (κ2) is 4.67. The van der Waals surface area contributed by atoms with Crippen molar-refractivity contribution in [2.75, 3.05) is 13.2 Å². The Morgan fingerprint density at radius 1 is 1.32 bits per heavy atom. The van der Waals surface area contributed by atoms with Gasteiger partial charge in [-0.1, -0.05) is 29.8 Å². The van der Waals surface area contributed by atoms with Crippen molar-refractivity contribution in [3.8, 4) is 11.5 Å². The first-order chi connectivity index (χ1) is 8.98. The number of hydrogen-bond acceptors (Lipinski definition) is 3. The Kier molecular flexibility index (Phi) is 3.26. The molecule has 19 heavy (non-hydrogen) atoms. The van der Waals surface area contributed by atoms with E-state index in [9.17, 15) is 0 Å². The van der Waals surface area contributed by atoms with Gasteiger partial charge < -0.3 is 15.2 Å². The number of hydrogen-bond donors (Lipinski definition) is 1. The first kappa shape index (κ1) is 13.3. The van der Waals surface area contributed by atoms with Crippen LogP contribution in [0, 0.1) is 5.41 Å². The molecule has 0 bridgehead atoms. The zero-order valence-electron chi connectivity index (χ0n) is 11.5. The highest BCUT2D eigenvalue weighted by Crippen LogP contribution is 2.48. The summed E-state index contributed by atoms with van der Waals surface area (Å²) in [6, 6.07) is 2.04. The van der Waals surface area contributed by atoms with Crippen molar-refractivity contribution in [1.29, 1.82) is 0 Å². The van der Waals surface area contributed by atoms with Crippen LogP contribution >= 0.6 is 15.9 Å². The third-order valence-corrected chi connectivity index (χ3v) is 4.83. The van der Waals surface area contributed by atoms with Crippen LogP contribution in [0.1, 0.15) is 43.9 Å². The molecule has 1 unspecified atom stereocenters. The van der Waals surface area contributed by atoms with Gasteiger partial charge in [0.2, 0.25) is 0 Å². The average molecular weight is 326 g/mol. The summed E-state index contributed by atoms with van der Waals surface area (Å²) in [5.74, 6) is 1.70. The molecule has 3 nitrogen and oxygen atoms in total. The predicted molar refractivity (Wildman–Crippen MR) is 78.8 cm³/mol. The summed E-state index contributed by atoms with van der Waals surface area (Å²) >= 11 is 3.67.